The van der Waals surface area contributed by atoms with Crippen molar-refractivity contribution >= 4 is 57.4 Å². The van der Waals surface area contributed by atoms with Crippen LogP contribution in [0.2, 0.25) is 0 Å². The van der Waals surface area contributed by atoms with E-state index in [1.165, 1.54) is 0 Å². The monoisotopic (exact) mass is 422 g/mol. The van der Waals surface area contributed by atoms with E-state index in [-0.39, 0.29) is 6.61 Å². The standard InChI is InChI=1S/C20H17Cl3N2O2/c21-20(22,23)18(25-19(26)27-13-14-7-2-1-3-8-14)24-17-12-6-10-15-9-4-5-11-16(15)17/h1-12,18,24H,13H2,(H,25,26). The van der Waals surface area contributed by atoms with Crippen molar-refractivity contribution in [1.82, 2.24) is 5.32 Å². The van der Waals surface area contributed by atoms with E-state index in [0.29, 0.717) is 0 Å². The molecule has 0 aromatic heterocycles. The normalized spacial score (nSPS) is 12.4. The lowest BCUT2D eigenvalue weighted by molar-refractivity contribution is 0.137. The van der Waals surface area contributed by atoms with Gasteiger partial charge in [0.25, 0.3) is 0 Å². The third kappa shape index (κ3) is 5.42. The van der Waals surface area contributed by atoms with E-state index < -0.39 is 16.1 Å². The van der Waals surface area contributed by atoms with Crippen molar-refractivity contribution < 1.29 is 9.53 Å². The summed E-state index contributed by atoms with van der Waals surface area (Å²) in [6, 6.07) is 22.8. The van der Waals surface area contributed by atoms with Crippen molar-refractivity contribution in [2.45, 2.75) is 16.6 Å². The fourth-order valence-electron chi connectivity index (χ4n) is 2.59. The topological polar surface area (TPSA) is 50.4 Å². The van der Waals surface area contributed by atoms with E-state index >= 15 is 0 Å². The minimum atomic E-state index is -1.79. The molecule has 0 spiro atoms. The molecule has 4 nitrogen and oxygen atoms in total. The Bertz CT molecular complexity index is 908. The first kappa shape index (κ1) is 19.6. The molecule has 0 saturated carbocycles. The molecule has 2 N–H and O–H groups in total. The van der Waals surface area contributed by atoms with Gasteiger partial charge in [-0.15, -0.1) is 0 Å². The van der Waals surface area contributed by atoms with Gasteiger partial charge in [0.15, 0.2) is 0 Å². The number of alkyl halides is 3. The molecule has 0 aliphatic heterocycles. The number of alkyl carbamates (subject to hydrolysis) is 1. The molecule has 0 heterocycles. The third-order valence-corrected chi connectivity index (χ3v) is 4.55. The zero-order valence-corrected chi connectivity index (χ0v) is 16.4. The number of amides is 1. The largest absolute Gasteiger partial charge is 0.445 e. The zero-order chi connectivity index (χ0) is 19.3. The smallest absolute Gasteiger partial charge is 0.409 e. The lowest BCUT2D eigenvalue weighted by Crippen LogP contribution is -2.49. The molecule has 7 heteroatoms. The Kier molecular flexibility index (Phi) is 6.32. The summed E-state index contributed by atoms with van der Waals surface area (Å²) >= 11 is 18.2. The van der Waals surface area contributed by atoms with E-state index in [2.05, 4.69) is 10.6 Å². The maximum Gasteiger partial charge on any atom is 0.409 e. The maximum absolute atomic E-state index is 12.2. The third-order valence-electron chi connectivity index (χ3n) is 3.89. The maximum atomic E-state index is 12.2. The van der Waals surface area contributed by atoms with Crippen molar-refractivity contribution in [3.63, 3.8) is 0 Å². The lowest BCUT2D eigenvalue weighted by atomic mass is 10.1. The number of nitrogens with one attached hydrogen (secondary N) is 2. The summed E-state index contributed by atoms with van der Waals surface area (Å²) in [5.74, 6) is 0. The van der Waals surface area contributed by atoms with Gasteiger partial charge in [-0.25, -0.2) is 4.79 Å². The second-order valence-electron chi connectivity index (χ2n) is 5.85. The average Bonchev–Trinajstić information content (AvgIpc) is 2.66. The molecule has 0 aliphatic rings. The van der Waals surface area contributed by atoms with Crippen LogP contribution in [0.5, 0.6) is 0 Å². The van der Waals surface area contributed by atoms with E-state index in [9.17, 15) is 4.79 Å². The zero-order valence-electron chi connectivity index (χ0n) is 14.2. The highest BCUT2D eigenvalue weighted by Crippen LogP contribution is 2.33. The molecule has 3 aromatic carbocycles. The van der Waals surface area contributed by atoms with Crippen LogP contribution in [-0.4, -0.2) is 16.1 Å². The number of rotatable bonds is 5. The van der Waals surface area contributed by atoms with Gasteiger partial charge >= 0.3 is 6.09 Å². The van der Waals surface area contributed by atoms with Crippen LogP contribution in [-0.2, 0) is 11.3 Å². The predicted octanol–water partition coefficient (Wildman–Crippen LogP) is 5.87. The Morgan fingerprint density at radius 1 is 0.926 bits per heavy atom. The molecule has 140 valence electrons. The van der Waals surface area contributed by atoms with Crippen LogP contribution < -0.4 is 10.6 Å². The van der Waals surface area contributed by atoms with Gasteiger partial charge in [0.1, 0.15) is 12.8 Å². The molecule has 0 fully saturated rings. The van der Waals surface area contributed by atoms with Crippen molar-refractivity contribution in [3.8, 4) is 0 Å². The van der Waals surface area contributed by atoms with Gasteiger partial charge in [0, 0.05) is 11.1 Å². The van der Waals surface area contributed by atoms with Gasteiger partial charge in [0.2, 0.25) is 3.79 Å². The lowest BCUT2D eigenvalue weighted by Gasteiger charge is -2.27. The highest BCUT2D eigenvalue weighted by atomic mass is 35.6. The fraction of sp³-hybridized carbons (Fsp3) is 0.150. The SMILES string of the molecule is O=C(NC(Nc1cccc2ccccc12)C(Cl)(Cl)Cl)OCc1ccccc1. The van der Waals surface area contributed by atoms with E-state index in [1.54, 1.807) is 0 Å². The van der Waals surface area contributed by atoms with Crippen LogP contribution in [0.3, 0.4) is 0 Å². The molecule has 0 radical (unpaired) electrons. The summed E-state index contributed by atoms with van der Waals surface area (Å²) in [5.41, 5.74) is 1.59. The number of hydrogen-bond donors (Lipinski definition) is 2. The molecule has 1 unspecified atom stereocenters. The summed E-state index contributed by atoms with van der Waals surface area (Å²) in [7, 11) is 0. The van der Waals surface area contributed by atoms with Gasteiger partial charge in [0.05, 0.1) is 0 Å². The molecule has 0 bridgehead atoms. The molecule has 3 aromatic rings. The highest BCUT2D eigenvalue weighted by Gasteiger charge is 2.34. The molecular formula is C20H17Cl3N2O2. The minimum Gasteiger partial charge on any atom is -0.445 e. The van der Waals surface area contributed by atoms with Crippen LogP contribution in [0.15, 0.2) is 72.8 Å². The van der Waals surface area contributed by atoms with Crippen molar-refractivity contribution in [2.75, 3.05) is 5.32 Å². The van der Waals surface area contributed by atoms with Crippen molar-refractivity contribution in [2.24, 2.45) is 0 Å². The van der Waals surface area contributed by atoms with Gasteiger partial charge in [-0.3, -0.25) is 5.32 Å². The van der Waals surface area contributed by atoms with E-state index in [1.807, 2.05) is 72.8 Å². The van der Waals surface area contributed by atoms with Gasteiger partial charge in [-0.05, 0) is 17.0 Å². The van der Waals surface area contributed by atoms with Crippen molar-refractivity contribution in [1.29, 1.82) is 0 Å². The summed E-state index contributed by atoms with van der Waals surface area (Å²) in [4.78, 5) is 12.2. The number of anilines is 1. The van der Waals surface area contributed by atoms with Crippen molar-refractivity contribution in [3.05, 3.63) is 78.4 Å². The number of halogens is 3. The molecule has 3 rings (SSSR count). The van der Waals surface area contributed by atoms with Crippen LogP contribution in [0.4, 0.5) is 10.5 Å². The summed E-state index contributed by atoms with van der Waals surface area (Å²) in [5, 5.41) is 7.62. The number of carbonyl (C=O) groups excluding carboxylic acids is 1. The molecule has 1 amide bonds. The number of hydrogen-bond acceptors (Lipinski definition) is 3. The second kappa shape index (κ2) is 8.70. The van der Waals surface area contributed by atoms with E-state index in [0.717, 1.165) is 22.0 Å². The molecule has 0 saturated heterocycles. The van der Waals surface area contributed by atoms with Crippen LogP contribution in [0.25, 0.3) is 10.8 Å². The predicted molar refractivity (Wildman–Crippen MR) is 111 cm³/mol. The Balaban J connectivity index is 1.71. The number of fused-ring (bicyclic) bond motifs is 1. The Labute approximate surface area is 172 Å². The van der Waals surface area contributed by atoms with E-state index in [4.69, 9.17) is 39.5 Å². The van der Waals surface area contributed by atoms with Crippen LogP contribution in [0, 0.1) is 0 Å². The second-order valence-corrected chi connectivity index (χ2v) is 8.22. The average molecular weight is 424 g/mol. The number of benzene rings is 3. The van der Waals surface area contributed by atoms with Gasteiger partial charge in [-0.1, -0.05) is 102 Å². The summed E-state index contributed by atoms with van der Waals surface area (Å²) in [6.07, 6.45) is -1.68. The highest BCUT2D eigenvalue weighted by molar-refractivity contribution is 6.68. The van der Waals surface area contributed by atoms with Crippen LogP contribution in [0.1, 0.15) is 5.56 Å². The fourth-order valence-corrected chi connectivity index (χ4v) is 2.92. The molecule has 27 heavy (non-hydrogen) atoms. The summed E-state index contributed by atoms with van der Waals surface area (Å²) < 4.78 is 3.42. The number of ether oxygens (including phenoxy) is 1. The number of carbonyl (C=O) groups is 1. The quantitative estimate of drug-likeness (QED) is 0.398. The first-order valence-corrected chi connectivity index (χ1v) is 9.35. The molecule has 0 aliphatic carbocycles. The Hall–Kier alpha value is -2.14. The molecule has 1 atom stereocenters. The Morgan fingerprint density at radius 3 is 2.33 bits per heavy atom. The van der Waals surface area contributed by atoms with Gasteiger partial charge in [-0.2, -0.15) is 0 Å². The first-order valence-electron chi connectivity index (χ1n) is 8.22. The van der Waals surface area contributed by atoms with Gasteiger partial charge < -0.3 is 10.1 Å². The van der Waals surface area contributed by atoms with Crippen LogP contribution >= 0.6 is 34.8 Å². The Morgan fingerprint density at radius 2 is 1.59 bits per heavy atom. The minimum absolute atomic E-state index is 0.119. The summed E-state index contributed by atoms with van der Waals surface area (Å²) in [6.45, 7) is 0.119. The molecular weight excluding hydrogens is 407 g/mol. The first-order chi connectivity index (χ1) is 12.9.